The monoisotopic (exact) mass is 468 g/mol. The van der Waals surface area contributed by atoms with Crippen LogP contribution in [0, 0.1) is 10.1 Å². The van der Waals surface area contributed by atoms with E-state index in [2.05, 4.69) is 4.99 Å². The van der Waals surface area contributed by atoms with Gasteiger partial charge in [0.15, 0.2) is 5.70 Å². The van der Waals surface area contributed by atoms with Crippen LogP contribution < -0.4 is 4.74 Å². The molecule has 0 aromatic heterocycles. The number of benzene rings is 3. The van der Waals surface area contributed by atoms with Gasteiger partial charge in [-0.1, -0.05) is 35.3 Å². The molecule has 160 valence electrons. The molecule has 0 N–H and O–H groups in total. The van der Waals surface area contributed by atoms with E-state index in [4.69, 9.17) is 32.7 Å². The second kappa shape index (κ2) is 9.21. The highest BCUT2D eigenvalue weighted by Gasteiger charge is 2.24. The Labute approximate surface area is 192 Å². The van der Waals surface area contributed by atoms with Crippen LogP contribution in [0.1, 0.15) is 16.7 Å². The number of hydrogen-bond acceptors (Lipinski definition) is 6. The van der Waals surface area contributed by atoms with E-state index in [1.54, 1.807) is 60.7 Å². The number of nitro benzene ring substituents is 1. The molecule has 3 aromatic rings. The van der Waals surface area contributed by atoms with Crippen molar-refractivity contribution in [1.29, 1.82) is 0 Å². The van der Waals surface area contributed by atoms with Crippen LogP contribution in [0.15, 0.2) is 77.4 Å². The van der Waals surface area contributed by atoms with Crippen LogP contribution in [0.25, 0.3) is 6.08 Å². The smallest absolute Gasteiger partial charge is 0.363 e. The van der Waals surface area contributed by atoms with Crippen LogP contribution in [0.2, 0.25) is 10.0 Å². The Morgan fingerprint density at radius 2 is 1.72 bits per heavy atom. The standard InChI is InChI=1S/C23H14Cl2N2O5/c24-19-10-5-16(12-20(19)25)22-26-21(23(28)32-22)11-14-3-8-18(9-4-14)31-13-15-1-6-17(7-2-15)27(29)30/h1-12H,13H2/b21-11-. The first-order chi connectivity index (χ1) is 15.4. The average molecular weight is 469 g/mol. The van der Waals surface area contributed by atoms with Gasteiger partial charge >= 0.3 is 5.97 Å². The van der Waals surface area contributed by atoms with Crippen molar-refractivity contribution < 1.29 is 19.2 Å². The van der Waals surface area contributed by atoms with Gasteiger partial charge < -0.3 is 9.47 Å². The third kappa shape index (κ3) is 4.96. The molecule has 0 atom stereocenters. The Morgan fingerprint density at radius 3 is 2.38 bits per heavy atom. The molecule has 4 rings (SSSR count). The summed E-state index contributed by atoms with van der Waals surface area (Å²) in [5.74, 6) is 0.201. The second-order valence-electron chi connectivity index (χ2n) is 6.75. The van der Waals surface area contributed by atoms with Gasteiger partial charge in [-0.2, -0.15) is 0 Å². The molecule has 32 heavy (non-hydrogen) atoms. The van der Waals surface area contributed by atoms with E-state index in [-0.39, 0.29) is 23.9 Å². The van der Waals surface area contributed by atoms with Crippen molar-refractivity contribution in [2.24, 2.45) is 4.99 Å². The van der Waals surface area contributed by atoms with E-state index in [0.29, 0.717) is 21.4 Å². The molecule has 9 heteroatoms. The Bertz CT molecular complexity index is 1250. The molecule has 0 saturated carbocycles. The fourth-order valence-electron chi connectivity index (χ4n) is 2.86. The molecule has 7 nitrogen and oxygen atoms in total. The number of nitrogens with zero attached hydrogens (tertiary/aromatic N) is 2. The molecule has 0 fully saturated rings. The van der Waals surface area contributed by atoms with E-state index in [9.17, 15) is 14.9 Å². The molecule has 0 amide bonds. The van der Waals surface area contributed by atoms with Gasteiger partial charge in [0.1, 0.15) is 12.4 Å². The summed E-state index contributed by atoms with van der Waals surface area (Å²) in [6, 6.07) is 18.1. The molecule has 0 aliphatic carbocycles. The van der Waals surface area contributed by atoms with Gasteiger partial charge in [0.05, 0.1) is 15.0 Å². The third-order valence-corrected chi connectivity index (χ3v) is 5.26. The van der Waals surface area contributed by atoms with Crippen LogP contribution in [-0.4, -0.2) is 16.8 Å². The Morgan fingerprint density at radius 1 is 1.00 bits per heavy atom. The van der Waals surface area contributed by atoms with Crippen LogP contribution in [0.3, 0.4) is 0 Å². The van der Waals surface area contributed by atoms with Gasteiger partial charge in [-0.05, 0) is 59.7 Å². The summed E-state index contributed by atoms with van der Waals surface area (Å²) in [5.41, 5.74) is 2.27. The van der Waals surface area contributed by atoms with Crippen molar-refractivity contribution in [3.8, 4) is 5.75 Å². The zero-order valence-corrected chi connectivity index (χ0v) is 17.8. The fourth-order valence-corrected chi connectivity index (χ4v) is 3.16. The number of nitro groups is 1. The predicted molar refractivity (Wildman–Crippen MR) is 121 cm³/mol. The summed E-state index contributed by atoms with van der Waals surface area (Å²) in [4.78, 5) is 26.7. The molecule has 1 aliphatic rings. The zero-order valence-electron chi connectivity index (χ0n) is 16.3. The highest BCUT2D eigenvalue weighted by molar-refractivity contribution is 6.42. The summed E-state index contributed by atoms with van der Waals surface area (Å²) in [7, 11) is 0. The zero-order chi connectivity index (χ0) is 22.7. The number of rotatable bonds is 6. The predicted octanol–water partition coefficient (Wildman–Crippen LogP) is 5.83. The van der Waals surface area contributed by atoms with Crippen molar-refractivity contribution in [2.75, 3.05) is 0 Å². The SMILES string of the molecule is O=C1OC(c2ccc(Cl)c(Cl)c2)=N/C1=C\c1ccc(OCc2ccc([N+](=O)[O-])cc2)cc1. The number of aliphatic imine (C=N–C) groups is 1. The number of halogens is 2. The number of cyclic esters (lactones) is 1. The number of ether oxygens (including phenoxy) is 2. The Balaban J connectivity index is 1.43. The molecular formula is C23H14Cl2N2O5. The van der Waals surface area contributed by atoms with Crippen LogP contribution in [-0.2, 0) is 16.1 Å². The van der Waals surface area contributed by atoms with Gasteiger partial charge in [-0.3, -0.25) is 10.1 Å². The largest absolute Gasteiger partial charge is 0.489 e. The van der Waals surface area contributed by atoms with Crippen LogP contribution in [0.4, 0.5) is 5.69 Å². The third-order valence-electron chi connectivity index (χ3n) is 4.52. The average Bonchev–Trinajstić information content (AvgIpc) is 3.15. The van der Waals surface area contributed by atoms with Crippen molar-refractivity contribution in [1.82, 2.24) is 0 Å². The lowest BCUT2D eigenvalue weighted by atomic mass is 10.2. The minimum atomic E-state index is -0.565. The topological polar surface area (TPSA) is 91.0 Å². The maximum atomic E-state index is 12.2. The molecule has 1 heterocycles. The quantitative estimate of drug-likeness (QED) is 0.196. The molecule has 0 unspecified atom stereocenters. The van der Waals surface area contributed by atoms with E-state index < -0.39 is 10.9 Å². The highest BCUT2D eigenvalue weighted by Crippen LogP contribution is 2.26. The van der Waals surface area contributed by atoms with Gasteiger partial charge in [0.25, 0.3) is 5.69 Å². The fraction of sp³-hybridized carbons (Fsp3) is 0.0435. The molecule has 0 radical (unpaired) electrons. The van der Waals surface area contributed by atoms with Crippen molar-refractivity contribution in [2.45, 2.75) is 6.61 Å². The van der Waals surface area contributed by atoms with Crippen molar-refractivity contribution in [3.63, 3.8) is 0 Å². The molecular weight excluding hydrogens is 455 g/mol. The maximum absolute atomic E-state index is 12.2. The van der Waals surface area contributed by atoms with Crippen molar-refractivity contribution in [3.05, 3.63) is 109 Å². The van der Waals surface area contributed by atoms with E-state index >= 15 is 0 Å². The second-order valence-corrected chi connectivity index (χ2v) is 7.56. The summed E-state index contributed by atoms with van der Waals surface area (Å²) >= 11 is 11.9. The van der Waals surface area contributed by atoms with E-state index in [1.165, 1.54) is 12.1 Å². The summed E-state index contributed by atoms with van der Waals surface area (Å²) in [5, 5.41) is 11.4. The first kappa shape index (κ1) is 21.5. The van der Waals surface area contributed by atoms with Crippen molar-refractivity contribution >= 4 is 46.8 Å². The molecule has 0 saturated heterocycles. The molecule has 0 bridgehead atoms. The van der Waals surface area contributed by atoms with Crippen LogP contribution >= 0.6 is 23.2 Å². The number of esters is 1. The number of non-ortho nitro benzene ring substituents is 1. The van der Waals surface area contributed by atoms with Crippen LogP contribution in [0.5, 0.6) is 5.75 Å². The number of carbonyl (C=O) groups excluding carboxylic acids is 1. The normalized spacial score (nSPS) is 14.2. The minimum Gasteiger partial charge on any atom is -0.489 e. The summed E-state index contributed by atoms with van der Waals surface area (Å²) in [6.45, 7) is 0.266. The number of carbonyl (C=O) groups is 1. The lowest BCUT2D eigenvalue weighted by Crippen LogP contribution is -2.05. The van der Waals surface area contributed by atoms with Gasteiger partial charge in [-0.15, -0.1) is 0 Å². The number of hydrogen-bond donors (Lipinski definition) is 0. The first-order valence-electron chi connectivity index (χ1n) is 9.33. The van der Waals surface area contributed by atoms with E-state index in [1.807, 2.05) is 0 Å². The minimum absolute atomic E-state index is 0.0292. The Hall–Kier alpha value is -3.68. The molecule has 1 aliphatic heterocycles. The maximum Gasteiger partial charge on any atom is 0.363 e. The van der Waals surface area contributed by atoms with Gasteiger partial charge in [-0.25, -0.2) is 9.79 Å². The van der Waals surface area contributed by atoms with E-state index in [0.717, 1.165) is 11.1 Å². The first-order valence-corrected chi connectivity index (χ1v) is 10.1. The Kier molecular flexibility index (Phi) is 6.20. The summed E-state index contributed by atoms with van der Waals surface area (Å²) < 4.78 is 10.9. The highest BCUT2D eigenvalue weighted by atomic mass is 35.5. The molecule has 3 aromatic carbocycles. The lowest BCUT2D eigenvalue weighted by molar-refractivity contribution is -0.384. The van der Waals surface area contributed by atoms with Gasteiger partial charge in [0.2, 0.25) is 5.90 Å². The lowest BCUT2D eigenvalue weighted by Gasteiger charge is -2.06. The van der Waals surface area contributed by atoms with Gasteiger partial charge in [0, 0.05) is 17.7 Å². The summed E-state index contributed by atoms with van der Waals surface area (Å²) in [6.07, 6.45) is 1.60. The molecule has 0 spiro atoms.